The molecule has 0 spiro atoms. The molecule has 3 nitrogen and oxygen atoms in total. The third-order valence-electron chi connectivity index (χ3n) is 4.49. The zero-order valence-electron chi connectivity index (χ0n) is 11.4. The van der Waals surface area contributed by atoms with Crippen molar-refractivity contribution < 1.29 is 15.0 Å². The van der Waals surface area contributed by atoms with Crippen LogP contribution in [0, 0.1) is 5.92 Å². The van der Waals surface area contributed by atoms with E-state index in [-0.39, 0.29) is 0 Å². The number of quaternary nitrogens is 2. The number of rotatable bonds is 5. The summed E-state index contributed by atoms with van der Waals surface area (Å²) in [6.45, 7) is 9.48. The van der Waals surface area contributed by atoms with Gasteiger partial charge in [0, 0.05) is 6.42 Å². The zero-order valence-corrected chi connectivity index (χ0v) is 11.4. The fourth-order valence-corrected chi connectivity index (χ4v) is 3.14. The molecule has 3 heteroatoms. The number of hydrogen-bond donors (Lipinski definition) is 2. The Morgan fingerprint density at radius 1 is 1.12 bits per heavy atom. The number of nitrogens with two attached hydrogens (primary N) is 1. The van der Waals surface area contributed by atoms with E-state index in [1.165, 1.54) is 58.3 Å². The lowest BCUT2D eigenvalue weighted by Crippen LogP contribution is -3.14. The lowest BCUT2D eigenvalue weighted by molar-refractivity contribution is -0.909. The van der Waals surface area contributed by atoms with Crippen LogP contribution < -0.4 is 10.2 Å². The lowest BCUT2D eigenvalue weighted by Gasteiger charge is -2.25. The first-order valence-corrected chi connectivity index (χ1v) is 7.59. The van der Waals surface area contributed by atoms with Gasteiger partial charge in [-0.15, -0.1) is 0 Å². The standard InChI is InChI=1S/C14H28N2O/c1-13-3-5-14(6-4-13)15-7-2-8-16-9-11-17-12-10-16/h13-15H,2-12H2,1H3/p+2. The van der Waals surface area contributed by atoms with Gasteiger partial charge in [0.25, 0.3) is 0 Å². The molecule has 100 valence electrons. The summed E-state index contributed by atoms with van der Waals surface area (Å²) in [5, 5.41) is 2.62. The van der Waals surface area contributed by atoms with Crippen molar-refractivity contribution in [1.29, 1.82) is 0 Å². The fraction of sp³-hybridized carbons (Fsp3) is 1.00. The van der Waals surface area contributed by atoms with Crippen LogP contribution in [0.25, 0.3) is 0 Å². The molecule has 2 aliphatic rings. The highest BCUT2D eigenvalue weighted by atomic mass is 16.5. The van der Waals surface area contributed by atoms with Crippen molar-refractivity contribution in [2.24, 2.45) is 5.92 Å². The van der Waals surface area contributed by atoms with Crippen LogP contribution in [0.5, 0.6) is 0 Å². The van der Waals surface area contributed by atoms with Crippen LogP contribution in [-0.4, -0.2) is 45.4 Å². The average molecular weight is 242 g/mol. The topological polar surface area (TPSA) is 30.3 Å². The molecule has 1 saturated carbocycles. The van der Waals surface area contributed by atoms with Gasteiger partial charge < -0.3 is 15.0 Å². The first-order chi connectivity index (χ1) is 8.34. The van der Waals surface area contributed by atoms with Crippen LogP contribution in [-0.2, 0) is 4.74 Å². The highest BCUT2D eigenvalue weighted by molar-refractivity contribution is 4.67. The molecule has 17 heavy (non-hydrogen) atoms. The van der Waals surface area contributed by atoms with Crippen LogP contribution in [0.1, 0.15) is 39.0 Å². The van der Waals surface area contributed by atoms with Gasteiger partial charge in [0.15, 0.2) is 0 Å². The molecule has 2 fully saturated rings. The Hall–Kier alpha value is -0.120. The molecule has 0 radical (unpaired) electrons. The molecular formula is C14H30N2O+2. The molecule has 0 aromatic rings. The van der Waals surface area contributed by atoms with Crippen molar-refractivity contribution in [2.75, 3.05) is 39.4 Å². The Kier molecular flexibility index (Phi) is 5.75. The maximum Gasteiger partial charge on any atom is 0.101 e. The van der Waals surface area contributed by atoms with Crippen molar-refractivity contribution >= 4 is 0 Å². The maximum atomic E-state index is 5.38. The van der Waals surface area contributed by atoms with E-state index in [0.717, 1.165) is 25.2 Å². The molecule has 0 unspecified atom stereocenters. The second-order valence-corrected chi connectivity index (χ2v) is 6.01. The fourth-order valence-electron chi connectivity index (χ4n) is 3.14. The highest BCUT2D eigenvalue weighted by Crippen LogP contribution is 2.21. The Balaban J connectivity index is 1.48. The molecule has 0 aromatic heterocycles. The third-order valence-corrected chi connectivity index (χ3v) is 4.49. The van der Waals surface area contributed by atoms with Crippen LogP contribution in [0.3, 0.4) is 0 Å². The molecule has 3 N–H and O–H groups in total. The Bertz CT molecular complexity index is 196. The Labute approximate surface area is 106 Å². The van der Waals surface area contributed by atoms with Crippen molar-refractivity contribution in [3.05, 3.63) is 0 Å². The van der Waals surface area contributed by atoms with Crippen LogP contribution in [0.15, 0.2) is 0 Å². The molecule has 0 bridgehead atoms. The summed E-state index contributed by atoms with van der Waals surface area (Å²) in [4.78, 5) is 1.75. The smallest absolute Gasteiger partial charge is 0.101 e. The highest BCUT2D eigenvalue weighted by Gasteiger charge is 2.20. The molecule has 1 aliphatic heterocycles. The summed E-state index contributed by atoms with van der Waals surface area (Å²) >= 11 is 0. The van der Waals surface area contributed by atoms with E-state index >= 15 is 0 Å². The van der Waals surface area contributed by atoms with E-state index in [1.807, 2.05) is 0 Å². The molecule has 0 atom stereocenters. The van der Waals surface area contributed by atoms with Gasteiger partial charge >= 0.3 is 0 Å². The lowest BCUT2D eigenvalue weighted by atomic mass is 9.87. The van der Waals surface area contributed by atoms with Gasteiger partial charge in [-0.25, -0.2) is 0 Å². The van der Waals surface area contributed by atoms with Crippen LogP contribution in [0.4, 0.5) is 0 Å². The second kappa shape index (κ2) is 7.34. The monoisotopic (exact) mass is 242 g/mol. The molecule has 1 aliphatic carbocycles. The van der Waals surface area contributed by atoms with Crippen molar-refractivity contribution in [3.63, 3.8) is 0 Å². The maximum absolute atomic E-state index is 5.38. The predicted molar refractivity (Wildman–Crippen MR) is 69.2 cm³/mol. The van der Waals surface area contributed by atoms with Gasteiger partial charge in [0.05, 0.1) is 32.3 Å². The predicted octanol–water partition coefficient (Wildman–Crippen LogP) is -0.566. The normalized spacial score (nSPS) is 31.6. The minimum Gasteiger partial charge on any atom is -0.370 e. The number of nitrogens with one attached hydrogen (secondary N) is 1. The molecule has 1 heterocycles. The van der Waals surface area contributed by atoms with Crippen LogP contribution in [0.2, 0.25) is 0 Å². The molecular weight excluding hydrogens is 212 g/mol. The zero-order chi connectivity index (χ0) is 11.9. The van der Waals surface area contributed by atoms with E-state index in [1.54, 1.807) is 4.90 Å². The second-order valence-electron chi connectivity index (χ2n) is 6.01. The van der Waals surface area contributed by atoms with Gasteiger partial charge in [-0.05, 0) is 31.6 Å². The number of hydrogen-bond acceptors (Lipinski definition) is 1. The third kappa shape index (κ3) is 4.94. The van der Waals surface area contributed by atoms with Crippen molar-refractivity contribution in [2.45, 2.75) is 45.1 Å². The Morgan fingerprint density at radius 3 is 2.53 bits per heavy atom. The molecule has 0 amide bonds. The Morgan fingerprint density at radius 2 is 1.82 bits per heavy atom. The quantitative estimate of drug-likeness (QED) is 0.622. The van der Waals surface area contributed by atoms with E-state index in [2.05, 4.69) is 12.2 Å². The van der Waals surface area contributed by atoms with Crippen molar-refractivity contribution in [3.8, 4) is 0 Å². The average Bonchev–Trinajstić information content (AvgIpc) is 2.38. The summed E-state index contributed by atoms with van der Waals surface area (Å²) in [6, 6.07) is 0.936. The SMILES string of the molecule is CC1CCC([NH2+]CCC[NH+]2CCOCC2)CC1. The number of morpholine rings is 1. The summed E-state index contributed by atoms with van der Waals surface area (Å²) < 4.78 is 5.38. The molecule has 1 saturated heterocycles. The van der Waals surface area contributed by atoms with E-state index in [0.29, 0.717) is 0 Å². The van der Waals surface area contributed by atoms with Gasteiger partial charge in [-0.2, -0.15) is 0 Å². The van der Waals surface area contributed by atoms with E-state index in [9.17, 15) is 0 Å². The van der Waals surface area contributed by atoms with E-state index < -0.39 is 0 Å². The summed E-state index contributed by atoms with van der Waals surface area (Å²) in [5.41, 5.74) is 0. The van der Waals surface area contributed by atoms with Crippen LogP contribution >= 0.6 is 0 Å². The minimum absolute atomic E-state index is 0.936. The van der Waals surface area contributed by atoms with Gasteiger partial charge in [0.2, 0.25) is 0 Å². The van der Waals surface area contributed by atoms with Crippen molar-refractivity contribution in [1.82, 2.24) is 0 Å². The molecule has 0 aromatic carbocycles. The first-order valence-electron chi connectivity index (χ1n) is 7.59. The van der Waals surface area contributed by atoms with E-state index in [4.69, 9.17) is 4.74 Å². The minimum atomic E-state index is 0.936. The largest absolute Gasteiger partial charge is 0.370 e. The van der Waals surface area contributed by atoms with Gasteiger partial charge in [0.1, 0.15) is 13.1 Å². The first kappa shape index (κ1) is 13.3. The summed E-state index contributed by atoms with van der Waals surface area (Å²) in [5.74, 6) is 0.984. The molecule has 2 rings (SSSR count). The summed E-state index contributed by atoms with van der Waals surface area (Å²) in [7, 11) is 0. The van der Waals surface area contributed by atoms with Gasteiger partial charge in [-0.1, -0.05) is 6.92 Å². The summed E-state index contributed by atoms with van der Waals surface area (Å²) in [6.07, 6.45) is 7.18. The number of ether oxygens (including phenoxy) is 1. The van der Waals surface area contributed by atoms with Gasteiger partial charge in [-0.3, -0.25) is 0 Å².